The molecule has 24 heavy (non-hydrogen) atoms. The second-order valence-electron chi connectivity index (χ2n) is 6.79. The lowest BCUT2D eigenvalue weighted by molar-refractivity contribution is -0.135. The Labute approximate surface area is 151 Å². The highest BCUT2D eigenvalue weighted by atomic mass is 35.5. The molecule has 1 aromatic rings. The van der Waals surface area contributed by atoms with Crippen LogP contribution in [0.3, 0.4) is 0 Å². The number of piperazine rings is 1. The van der Waals surface area contributed by atoms with Crippen molar-refractivity contribution in [3.63, 3.8) is 0 Å². The summed E-state index contributed by atoms with van der Waals surface area (Å²) in [6.07, 6.45) is 0.937. The van der Waals surface area contributed by atoms with E-state index < -0.39 is 0 Å². The van der Waals surface area contributed by atoms with Gasteiger partial charge >= 0.3 is 0 Å². The van der Waals surface area contributed by atoms with Gasteiger partial charge in [-0.3, -0.25) is 14.4 Å². The van der Waals surface area contributed by atoms with Gasteiger partial charge in [0.05, 0.1) is 11.7 Å². The number of hydrogen-bond donors (Lipinski definition) is 1. The number of halogens is 1. The summed E-state index contributed by atoms with van der Waals surface area (Å²) in [6, 6.07) is -0.366. The van der Waals surface area contributed by atoms with Gasteiger partial charge in [0.15, 0.2) is 0 Å². The van der Waals surface area contributed by atoms with Gasteiger partial charge in [-0.2, -0.15) is 5.10 Å². The van der Waals surface area contributed by atoms with Gasteiger partial charge in [-0.25, -0.2) is 0 Å². The molecule has 6 nitrogen and oxygen atoms in total. The number of carbonyl (C=O) groups is 1. The van der Waals surface area contributed by atoms with Crippen LogP contribution in [0.1, 0.15) is 37.2 Å². The second kappa shape index (κ2) is 8.83. The van der Waals surface area contributed by atoms with E-state index in [1.807, 2.05) is 23.6 Å². The van der Waals surface area contributed by atoms with Crippen LogP contribution in [-0.4, -0.2) is 57.7 Å². The molecule has 0 aliphatic carbocycles. The van der Waals surface area contributed by atoms with Crippen LogP contribution < -0.4 is 5.73 Å². The van der Waals surface area contributed by atoms with Crippen LogP contribution in [0, 0.1) is 19.8 Å². The Hall–Kier alpha value is -1.11. The quantitative estimate of drug-likeness (QED) is 0.866. The van der Waals surface area contributed by atoms with E-state index in [-0.39, 0.29) is 30.3 Å². The van der Waals surface area contributed by atoms with Crippen molar-refractivity contribution in [1.29, 1.82) is 0 Å². The zero-order valence-corrected chi connectivity index (χ0v) is 16.4. The van der Waals surface area contributed by atoms with Crippen LogP contribution in [0.25, 0.3) is 0 Å². The lowest BCUT2D eigenvalue weighted by Crippen LogP contribution is -2.54. The van der Waals surface area contributed by atoms with Crippen LogP contribution >= 0.6 is 12.4 Å². The smallest absolute Gasteiger partial charge is 0.239 e. The van der Waals surface area contributed by atoms with Crippen molar-refractivity contribution < 1.29 is 4.79 Å². The number of nitrogens with two attached hydrogens (primary N) is 1. The maximum Gasteiger partial charge on any atom is 0.239 e. The first kappa shape index (κ1) is 20.9. The number of hydrogen-bond acceptors (Lipinski definition) is 4. The number of carbonyl (C=O) groups excluding carboxylic acids is 1. The Morgan fingerprint density at radius 3 is 2.29 bits per heavy atom. The summed E-state index contributed by atoms with van der Waals surface area (Å²) >= 11 is 0. The molecule has 0 radical (unpaired) electrons. The van der Waals surface area contributed by atoms with Crippen molar-refractivity contribution in [2.45, 2.75) is 46.7 Å². The molecule has 1 amide bonds. The zero-order chi connectivity index (χ0) is 17.1. The Balaban J connectivity index is 0.00000288. The van der Waals surface area contributed by atoms with E-state index >= 15 is 0 Å². The lowest BCUT2D eigenvalue weighted by Gasteiger charge is -2.36. The van der Waals surface area contributed by atoms with E-state index in [2.05, 4.69) is 30.8 Å². The molecule has 2 rings (SSSR count). The van der Waals surface area contributed by atoms with E-state index in [4.69, 9.17) is 5.73 Å². The summed E-state index contributed by atoms with van der Waals surface area (Å²) in [5.41, 5.74) is 9.72. The maximum atomic E-state index is 12.4. The summed E-state index contributed by atoms with van der Waals surface area (Å²) in [5, 5.41) is 4.48. The van der Waals surface area contributed by atoms with Gasteiger partial charge < -0.3 is 10.6 Å². The van der Waals surface area contributed by atoms with Crippen LogP contribution in [0.15, 0.2) is 0 Å². The van der Waals surface area contributed by atoms with Crippen molar-refractivity contribution in [2.75, 3.05) is 26.2 Å². The third-order valence-corrected chi connectivity index (χ3v) is 5.27. The molecule has 2 heterocycles. The van der Waals surface area contributed by atoms with E-state index in [0.717, 1.165) is 44.8 Å². The van der Waals surface area contributed by atoms with Gasteiger partial charge in [0, 0.05) is 51.0 Å². The number of aryl methyl sites for hydroxylation is 2. The fraction of sp³-hybridized carbons (Fsp3) is 0.765. The van der Waals surface area contributed by atoms with Crippen LogP contribution in [0.5, 0.6) is 0 Å². The molecule has 1 aliphatic heterocycles. The van der Waals surface area contributed by atoms with E-state index in [0.29, 0.717) is 0 Å². The average Bonchev–Trinajstić information content (AvgIpc) is 2.79. The van der Waals surface area contributed by atoms with Crippen LogP contribution in [0.4, 0.5) is 0 Å². The first-order valence-corrected chi connectivity index (χ1v) is 8.60. The normalized spacial score (nSPS) is 18.2. The molecule has 2 N–H and O–H groups in total. The number of rotatable bonds is 5. The number of aromatic nitrogens is 2. The minimum Gasteiger partial charge on any atom is -0.339 e. The van der Waals surface area contributed by atoms with Crippen LogP contribution in [0.2, 0.25) is 0 Å². The second-order valence-corrected chi connectivity index (χ2v) is 6.79. The Kier molecular flexibility index (Phi) is 7.70. The van der Waals surface area contributed by atoms with E-state index in [1.165, 1.54) is 11.3 Å². The third kappa shape index (κ3) is 4.49. The standard InChI is InChI=1S/C17H31N5O.ClH/c1-6-12(2)16(18)17(23)22-9-7-21(8-10-22)11-15-13(3)19-20(5)14(15)4;/h12,16H,6-11,18H2,1-5H3;1H. The minimum absolute atomic E-state index is 0. The molecule has 1 fully saturated rings. The number of nitrogens with zero attached hydrogens (tertiary/aromatic N) is 4. The van der Waals surface area contributed by atoms with Gasteiger partial charge in [0.1, 0.15) is 0 Å². The van der Waals surface area contributed by atoms with Gasteiger partial charge in [0.25, 0.3) is 0 Å². The molecule has 0 aromatic carbocycles. The summed E-state index contributed by atoms with van der Waals surface area (Å²) in [6.45, 7) is 12.5. The van der Waals surface area contributed by atoms with E-state index in [9.17, 15) is 4.79 Å². The SMILES string of the molecule is CCC(C)C(N)C(=O)N1CCN(Cc2c(C)nn(C)c2C)CC1.Cl. The Bertz CT molecular complexity index is 551. The van der Waals surface area contributed by atoms with Crippen molar-refractivity contribution in [3.8, 4) is 0 Å². The Morgan fingerprint density at radius 1 is 1.25 bits per heavy atom. The topological polar surface area (TPSA) is 67.4 Å². The molecule has 0 bridgehead atoms. The number of amides is 1. The molecule has 0 saturated carbocycles. The molecule has 1 aromatic heterocycles. The fourth-order valence-electron chi connectivity index (χ4n) is 3.10. The van der Waals surface area contributed by atoms with Crippen molar-refractivity contribution >= 4 is 18.3 Å². The van der Waals surface area contributed by atoms with Gasteiger partial charge in [-0.05, 0) is 19.8 Å². The van der Waals surface area contributed by atoms with Crippen molar-refractivity contribution in [1.82, 2.24) is 19.6 Å². The van der Waals surface area contributed by atoms with Gasteiger partial charge in [0.2, 0.25) is 5.91 Å². The van der Waals surface area contributed by atoms with Gasteiger partial charge in [-0.15, -0.1) is 12.4 Å². The molecule has 1 aliphatic rings. The molecular weight excluding hydrogens is 326 g/mol. The molecular formula is C17H32ClN5O. The highest BCUT2D eigenvalue weighted by molar-refractivity contribution is 5.85. The summed E-state index contributed by atoms with van der Waals surface area (Å²) in [7, 11) is 1.98. The Morgan fingerprint density at radius 2 is 1.83 bits per heavy atom. The molecule has 1 saturated heterocycles. The lowest BCUT2D eigenvalue weighted by atomic mass is 9.98. The van der Waals surface area contributed by atoms with Gasteiger partial charge in [-0.1, -0.05) is 20.3 Å². The first-order chi connectivity index (χ1) is 10.8. The summed E-state index contributed by atoms with van der Waals surface area (Å²) in [4.78, 5) is 16.8. The highest BCUT2D eigenvalue weighted by Crippen LogP contribution is 2.17. The molecule has 2 atom stereocenters. The molecule has 0 spiro atoms. The first-order valence-electron chi connectivity index (χ1n) is 8.60. The predicted octanol–water partition coefficient (Wildman–Crippen LogP) is 1.48. The maximum absolute atomic E-state index is 12.4. The van der Waals surface area contributed by atoms with Crippen molar-refractivity contribution in [2.24, 2.45) is 18.7 Å². The fourth-order valence-corrected chi connectivity index (χ4v) is 3.10. The minimum atomic E-state index is -0.366. The molecule has 138 valence electrons. The summed E-state index contributed by atoms with van der Waals surface area (Å²) in [5.74, 6) is 0.342. The molecule has 2 unspecified atom stereocenters. The largest absolute Gasteiger partial charge is 0.339 e. The average molecular weight is 358 g/mol. The predicted molar refractivity (Wildman–Crippen MR) is 99.2 cm³/mol. The van der Waals surface area contributed by atoms with E-state index in [1.54, 1.807) is 0 Å². The molecule has 7 heteroatoms. The summed E-state index contributed by atoms with van der Waals surface area (Å²) < 4.78 is 1.94. The third-order valence-electron chi connectivity index (χ3n) is 5.27. The monoisotopic (exact) mass is 357 g/mol. The van der Waals surface area contributed by atoms with Crippen molar-refractivity contribution in [3.05, 3.63) is 17.0 Å². The zero-order valence-electron chi connectivity index (χ0n) is 15.6. The highest BCUT2D eigenvalue weighted by Gasteiger charge is 2.28. The van der Waals surface area contributed by atoms with Crippen LogP contribution in [-0.2, 0) is 18.4 Å².